The van der Waals surface area contributed by atoms with Gasteiger partial charge in [0, 0.05) is 26.6 Å². The van der Waals surface area contributed by atoms with Gasteiger partial charge in [0.25, 0.3) is 0 Å². The maximum absolute atomic E-state index is 11.5. The van der Waals surface area contributed by atoms with Crippen molar-refractivity contribution in [1.29, 1.82) is 0 Å². The number of carbonyl (C=O) groups excluding carboxylic acids is 3. The molecule has 0 aliphatic carbocycles. The highest BCUT2D eigenvalue weighted by Crippen LogP contribution is 2.09. The zero-order valence-corrected chi connectivity index (χ0v) is 11.6. The summed E-state index contributed by atoms with van der Waals surface area (Å²) in [5.74, 6) is -0.432. The predicted molar refractivity (Wildman–Crippen MR) is 68.3 cm³/mol. The lowest BCUT2D eigenvalue weighted by atomic mass is 10.1. The normalized spacial score (nSPS) is 16.2. The van der Waals surface area contributed by atoms with Gasteiger partial charge >= 0.3 is 6.03 Å². The van der Waals surface area contributed by atoms with Crippen LogP contribution < -0.4 is 5.32 Å². The molecule has 7 nitrogen and oxygen atoms in total. The zero-order chi connectivity index (χ0) is 14.6. The number of hydrogen-bond acceptors (Lipinski definition) is 4. The van der Waals surface area contributed by atoms with Gasteiger partial charge in [-0.3, -0.25) is 14.5 Å². The first kappa shape index (κ1) is 15.4. The van der Waals surface area contributed by atoms with Gasteiger partial charge in [0.2, 0.25) is 11.8 Å². The largest absolute Gasteiger partial charge is 0.389 e. The number of nitrogens with one attached hydrogen (secondary N) is 1. The van der Waals surface area contributed by atoms with E-state index in [4.69, 9.17) is 0 Å². The number of likely N-dealkylation sites (N-methyl/N-ethyl adjacent to an activating group) is 1. The molecule has 1 saturated heterocycles. The topological polar surface area (TPSA) is 90.0 Å². The second-order valence-electron chi connectivity index (χ2n) is 5.38. The van der Waals surface area contributed by atoms with Gasteiger partial charge < -0.3 is 15.3 Å². The van der Waals surface area contributed by atoms with Gasteiger partial charge in [-0.1, -0.05) is 0 Å². The van der Waals surface area contributed by atoms with Crippen LogP contribution in [-0.4, -0.2) is 65.0 Å². The Labute approximate surface area is 112 Å². The standard InChI is InChI=1S/C12H21N3O4/c1-12(2,19)8-13-9(16)5-4-6-15-10(17)7-14(3)11(15)18/h19H,4-8H2,1-3H3,(H,13,16). The minimum Gasteiger partial charge on any atom is -0.389 e. The van der Waals surface area contributed by atoms with Gasteiger partial charge in [0.15, 0.2) is 0 Å². The van der Waals surface area contributed by atoms with Crippen LogP contribution in [0.5, 0.6) is 0 Å². The van der Waals surface area contributed by atoms with E-state index in [2.05, 4.69) is 5.32 Å². The first-order valence-corrected chi connectivity index (χ1v) is 6.25. The van der Waals surface area contributed by atoms with E-state index in [1.54, 1.807) is 20.9 Å². The highest BCUT2D eigenvalue weighted by Gasteiger charge is 2.32. The molecule has 0 spiro atoms. The maximum Gasteiger partial charge on any atom is 0.326 e. The lowest BCUT2D eigenvalue weighted by Crippen LogP contribution is -2.38. The van der Waals surface area contributed by atoms with Crippen LogP contribution in [0.25, 0.3) is 0 Å². The minimum absolute atomic E-state index is 0.101. The Kier molecular flexibility index (Phi) is 4.88. The molecule has 0 atom stereocenters. The zero-order valence-electron chi connectivity index (χ0n) is 11.6. The third-order valence-corrected chi connectivity index (χ3v) is 2.73. The van der Waals surface area contributed by atoms with Crippen LogP contribution in [0, 0.1) is 0 Å². The van der Waals surface area contributed by atoms with Gasteiger partial charge in [-0.05, 0) is 20.3 Å². The monoisotopic (exact) mass is 271 g/mol. The van der Waals surface area contributed by atoms with Crippen molar-refractivity contribution in [3.05, 3.63) is 0 Å². The maximum atomic E-state index is 11.5. The van der Waals surface area contributed by atoms with E-state index in [1.165, 1.54) is 4.90 Å². The van der Waals surface area contributed by atoms with E-state index in [0.29, 0.717) is 6.42 Å². The molecule has 1 heterocycles. The van der Waals surface area contributed by atoms with Crippen molar-refractivity contribution in [2.24, 2.45) is 0 Å². The van der Waals surface area contributed by atoms with Crippen molar-refractivity contribution in [2.75, 3.05) is 26.7 Å². The molecule has 0 aromatic rings. The van der Waals surface area contributed by atoms with Crippen molar-refractivity contribution in [2.45, 2.75) is 32.3 Å². The SMILES string of the molecule is CN1CC(=O)N(CCCC(=O)NCC(C)(C)O)C1=O. The summed E-state index contributed by atoms with van der Waals surface area (Å²) >= 11 is 0. The second kappa shape index (κ2) is 6.01. The minimum atomic E-state index is -0.945. The Morgan fingerprint density at radius 1 is 1.42 bits per heavy atom. The first-order valence-electron chi connectivity index (χ1n) is 6.25. The van der Waals surface area contributed by atoms with Crippen LogP contribution >= 0.6 is 0 Å². The van der Waals surface area contributed by atoms with Crippen LogP contribution in [0.15, 0.2) is 0 Å². The molecule has 0 unspecified atom stereocenters. The summed E-state index contributed by atoms with van der Waals surface area (Å²) in [5, 5.41) is 12.0. The van der Waals surface area contributed by atoms with E-state index < -0.39 is 5.60 Å². The van der Waals surface area contributed by atoms with Crippen LogP contribution in [0.3, 0.4) is 0 Å². The Bertz CT molecular complexity index is 376. The number of imide groups is 1. The molecule has 1 fully saturated rings. The van der Waals surface area contributed by atoms with E-state index in [-0.39, 0.29) is 43.9 Å². The summed E-state index contributed by atoms with van der Waals surface area (Å²) in [6.45, 7) is 3.73. The fraction of sp³-hybridized carbons (Fsp3) is 0.750. The summed E-state index contributed by atoms with van der Waals surface area (Å²) in [5.41, 5.74) is -0.945. The van der Waals surface area contributed by atoms with Gasteiger partial charge in [-0.2, -0.15) is 0 Å². The van der Waals surface area contributed by atoms with Gasteiger partial charge in [0.1, 0.15) is 6.54 Å². The molecule has 0 aromatic carbocycles. The molecule has 0 radical (unpaired) electrons. The number of rotatable bonds is 6. The Balaban J connectivity index is 2.25. The summed E-state index contributed by atoms with van der Waals surface area (Å²) in [6.07, 6.45) is 0.639. The lowest BCUT2D eigenvalue weighted by Gasteiger charge is -2.18. The van der Waals surface area contributed by atoms with E-state index in [0.717, 1.165) is 4.90 Å². The Morgan fingerprint density at radius 2 is 2.05 bits per heavy atom. The van der Waals surface area contributed by atoms with Crippen LogP contribution in [0.4, 0.5) is 4.79 Å². The molecule has 19 heavy (non-hydrogen) atoms. The summed E-state index contributed by atoms with van der Waals surface area (Å²) in [4.78, 5) is 37.0. The molecular weight excluding hydrogens is 250 g/mol. The molecule has 0 bridgehead atoms. The van der Waals surface area contributed by atoms with E-state index in [9.17, 15) is 19.5 Å². The van der Waals surface area contributed by atoms with Crippen molar-refractivity contribution < 1.29 is 19.5 Å². The molecule has 108 valence electrons. The average Bonchev–Trinajstić information content (AvgIpc) is 2.52. The van der Waals surface area contributed by atoms with Crippen molar-refractivity contribution in [3.63, 3.8) is 0 Å². The number of nitrogens with zero attached hydrogens (tertiary/aromatic N) is 2. The van der Waals surface area contributed by atoms with Crippen molar-refractivity contribution in [1.82, 2.24) is 15.1 Å². The van der Waals surface area contributed by atoms with Crippen molar-refractivity contribution in [3.8, 4) is 0 Å². The molecule has 2 N–H and O–H groups in total. The molecule has 0 aromatic heterocycles. The van der Waals surface area contributed by atoms with Gasteiger partial charge in [-0.25, -0.2) is 4.79 Å². The van der Waals surface area contributed by atoms with Gasteiger partial charge in [-0.15, -0.1) is 0 Å². The fourth-order valence-electron chi connectivity index (χ4n) is 1.69. The molecule has 1 aliphatic rings. The smallest absolute Gasteiger partial charge is 0.326 e. The molecular formula is C12H21N3O4. The van der Waals surface area contributed by atoms with Crippen LogP contribution in [0.2, 0.25) is 0 Å². The average molecular weight is 271 g/mol. The fourth-order valence-corrected chi connectivity index (χ4v) is 1.69. The lowest BCUT2D eigenvalue weighted by molar-refractivity contribution is -0.126. The number of carbonyl (C=O) groups is 3. The second-order valence-corrected chi connectivity index (χ2v) is 5.38. The number of hydrogen-bond donors (Lipinski definition) is 2. The summed E-state index contributed by atoms with van der Waals surface area (Å²) in [6, 6.07) is -0.318. The highest BCUT2D eigenvalue weighted by molar-refractivity contribution is 6.01. The Morgan fingerprint density at radius 3 is 2.53 bits per heavy atom. The van der Waals surface area contributed by atoms with E-state index in [1.807, 2.05) is 0 Å². The Hall–Kier alpha value is -1.63. The first-order chi connectivity index (χ1) is 8.70. The molecule has 7 heteroatoms. The number of urea groups is 1. The van der Waals surface area contributed by atoms with Crippen LogP contribution in [0.1, 0.15) is 26.7 Å². The molecule has 1 aliphatic heterocycles. The predicted octanol–water partition coefficient (Wildman–Crippen LogP) is -0.452. The van der Waals surface area contributed by atoms with E-state index >= 15 is 0 Å². The number of amides is 4. The van der Waals surface area contributed by atoms with Crippen molar-refractivity contribution >= 4 is 17.8 Å². The molecule has 1 rings (SSSR count). The summed E-state index contributed by atoms with van der Waals surface area (Å²) < 4.78 is 0. The molecule has 0 saturated carbocycles. The number of aliphatic hydroxyl groups is 1. The quantitative estimate of drug-likeness (QED) is 0.640. The highest BCUT2D eigenvalue weighted by atomic mass is 16.3. The summed E-state index contributed by atoms with van der Waals surface area (Å²) in [7, 11) is 1.57. The van der Waals surface area contributed by atoms with Crippen LogP contribution in [-0.2, 0) is 9.59 Å². The third-order valence-electron chi connectivity index (χ3n) is 2.73. The van der Waals surface area contributed by atoms with Gasteiger partial charge in [0.05, 0.1) is 5.60 Å². The molecule has 4 amide bonds. The third kappa shape index (κ3) is 4.86.